The zero-order chi connectivity index (χ0) is 19.9. The molecular formula is C26H20O3. The predicted octanol–water partition coefficient (Wildman–Crippen LogP) is 7.15. The quantitative estimate of drug-likeness (QED) is 0.361. The molecule has 4 rings (SSSR count). The molecule has 142 valence electrons. The van der Waals surface area contributed by atoms with Crippen LogP contribution in [0.2, 0.25) is 0 Å². The summed E-state index contributed by atoms with van der Waals surface area (Å²) in [6, 6.07) is 32.2. The topological polar surface area (TPSA) is 38.7 Å². The summed E-state index contributed by atoms with van der Waals surface area (Å²) >= 11 is 0. The summed E-state index contributed by atoms with van der Waals surface area (Å²) in [6.07, 6.45) is 3.91. The summed E-state index contributed by atoms with van der Waals surface area (Å²) in [5, 5.41) is 10.0. The molecule has 0 aliphatic heterocycles. The molecule has 0 bridgehead atoms. The average molecular weight is 380 g/mol. The van der Waals surface area contributed by atoms with Crippen molar-refractivity contribution < 1.29 is 14.6 Å². The highest BCUT2D eigenvalue weighted by atomic mass is 16.5. The molecule has 0 saturated heterocycles. The number of ether oxygens (including phenoxy) is 2. The van der Waals surface area contributed by atoms with Gasteiger partial charge in [0.25, 0.3) is 0 Å². The number of rotatable bonds is 6. The van der Waals surface area contributed by atoms with Gasteiger partial charge in [-0.05, 0) is 59.7 Å². The number of phenols is 1. The van der Waals surface area contributed by atoms with Crippen LogP contribution in [0.5, 0.6) is 28.7 Å². The molecule has 4 aromatic carbocycles. The fourth-order valence-electron chi connectivity index (χ4n) is 2.85. The molecule has 0 spiro atoms. The Morgan fingerprint density at radius 3 is 1.62 bits per heavy atom. The van der Waals surface area contributed by atoms with Gasteiger partial charge in [-0.3, -0.25) is 0 Å². The van der Waals surface area contributed by atoms with Gasteiger partial charge in [0, 0.05) is 6.07 Å². The van der Waals surface area contributed by atoms with Gasteiger partial charge in [-0.25, -0.2) is 0 Å². The van der Waals surface area contributed by atoms with Crippen LogP contribution in [0.25, 0.3) is 12.2 Å². The maximum atomic E-state index is 10.0. The molecule has 0 aromatic heterocycles. The molecule has 4 aromatic rings. The van der Waals surface area contributed by atoms with Crippen molar-refractivity contribution in [3.05, 3.63) is 114 Å². The summed E-state index contributed by atoms with van der Waals surface area (Å²) < 4.78 is 11.6. The van der Waals surface area contributed by atoms with Gasteiger partial charge in [0.1, 0.15) is 28.7 Å². The average Bonchev–Trinajstić information content (AvgIpc) is 2.74. The van der Waals surface area contributed by atoms with Crippen LogP contribution in [0.3, 0.4) is 0 Å². The van der Waals surface area contributed by atoms with Gasteiger partial charge in [0.2, 0.25) is 0 Å². The third kappa shape index (κ3) is 5.27. The Morgan fingerprint density at radius 2 is 1.00 bits per heavy atom. The predicted molar refractivity (Wildman–Crippen MR) is 117 cm³/mol. The summed E-state index contributed by atoms with van der Waals surface area (Å²) in [5.74, 6) is 3.06. The Hall–Kier alpha value is -3.98. The first-order chi connectivity index (χ1) is 14.2. The summed E-state index contributed by atoms with van der Waals surface area (Å²) in [4.78, 5) is 0. The number of para-hydroxylation sites is 2. The van der Waals surface area contributed by atoms with E-state index in [2.05, 4.69) is 0 Å². The van der Waals surface area contributed by atoms with Crippen LogP contribution < -0.4 is 9.47 Å². The van der Waals surface area contributed by atoms with Crippen molar-refractivity contribution in [1.29, 1.82) is 0 Å². The van der Waals surface area contributed by atoms with E-state index >= 15 is 0 Å². The molecule has 29 heavy (non-hydrogen) atoms. The molecule has 1 N–H and O–H groups in total. The third-order valence-corrected chi connectivity index (χ3v) is 4.22. The zero-order valence-corrected chi connectivity index (χ0v) is 15.7. The molecule has 3 heteroatoms. The number of aromatic hydroxyl groups is 1. The molecule has 0 unspecified atom stereocenters. The van der Waals surface area contributed by atoms with Crippen LogP contribution in [-0.4, -0.2) is 5.11 Å². The van der Waals surface area contributed by atoms with Crippen molar-refractivity contribution in [2.45, 2.75) is 0 Å². The minimum Gasteiger partial charge on any atom is -0.508 e. The van der Waals surface area contributed by atoms with Gasteiger partial charge in [-0.15, -0.1) is 0 Å². The van der Waals surface area contributed by atoms with Crippen LogP contribution in [0.4, 0.5) is 0 Å². The van der Waals surface area contributed by atoms with Crippen LogP contribution in [0, 0.1) is 0 Å². The molecule has 0 aliphatic carbocycles. The van der Waals surface area contributed by atoms with E-state index in [-0.39, 0.29) is 5.75 Å². The van der Waals surface area contributed by atoms with Gasteiger partial charge in [-0.2, -0.15) is 0 Å². The first kappa shape index (κ1) is 18.4. The van der Waals surface area contributed by atoms with E-state index in [1.165, 1.54) is 0 Å². The van der Waals surface area contributed by atoms with Crippen molar-refractivity contribution in [3.63, 3.8) is 0 Å². The maximum Gasteiger partial charge on any atom is 0.131 e. The van der Waals surface area contributed by atoms with Crippen molar-refractivity contribution >= 4 is 12.2 Å². The van der Waals surface area contributed by atoms with E-state index in [9.17, 15) is 5.11 Å². The molecule has 0 saturated carbocycles. The van der Waals surface area contributed by atoms with Crippen molar-refractivity contribution in [1.82, 2.24) is 0 Å². The third-order valence-electron chi connectivity index (χ3n) is 4.22. The minimum absolute atomic E-state index is 0.157. The second-order valence-electron chi connectivity index (χ2n) is 6.49. The number of benzene rings is 4. The molecule has 0 radical (unpaired) electrons. The first-order valence-electron chi connectivity index (χ1n) is 9.33. The molecular weight excluding hydrogens is 360 g/mol. The lowest BCUT2D eigenvalue weighted by Crippen LogP contribution is -1.85. The van der Waals surface area contributed by atoms with E-state index in [0.717, 1.165) is 28.4 Å². The van der Waals surface area contributed by atoms with Crippen molar-refractivity contribution in [2.75, 3.05) is 0 Å². The SMILES string of the molecule is Oc1cc(C=Cc2ccc(Oc3ccccc3)cc2)cc(Oc2ccccc2)c1. The van der Waals surface area contributed by atoms with Crippen molar-refractivity contribution in [2.24, 2.45) is 0 Å². The highest BCUT2D eigenvalue weighted by Gasteiger charge is 2.02. The lowest BCUT2D eigenvalue weighted by atomic mass is 10.1. The summed E-state index contributed by atoms with van der Waals surface area (Å²) in [7, 11) is 0. The second-order valence-corrected chi connectivity index (χ2v) is 6.49. The van der Waals surface area contributed by atoms with Crippen LogP contribution in [0.15, 0.2) is 103 Å². The molecule has 0 atom stereocenters. The standard InChI is InChI=1S/C26H20O3/c27-22-17-21(18-26(19-22)29-24-9-5-2-6-10-24)12-11-20-13-15-25(16-14-20)28-23-7-3-1-4-8-23/h1-19,27H. The first-order valence-corrected chi connectivity index (χ1v) is 9.33. The molecule has 0 amide bonds. The molecule has 3 nitrogen and oxygen atoms in total. The zero-order valence-electron chi connectivity index (χ0n) is 15.7. The van der Waals surface area contributed by atoms with Gasteiger partial charge >= 0.3 is 0 Å². The van der Waals surface area contributed by atoms with E-state index < -0.39 is 0 Å². The van der Waals surface area contributed by atoms with E-state index in [4.69, 9.17) is 9.47 Å². The molecule has 0 fully saturated rings. The lowest BCUT2D eigenvalue weighted by Gasteiger charge is -2.07. The van der Waals surface area contributed by atoms with E-state index in [0.29, 0.717) is 5.75 Å². The van der Waals surface area contributed by atoms with Gasteiger partial charge < -0.3 is 14.6 Å². The Labute approximate surface area is 170 Å². The number of hydrogen-bond acceptors (Lipinski definition) is 3. The van der Waals surface area contributed by atoms with Gasteiger partial charge in [0.05, 0.1) is 0 Å². The normalized spacial score (nSPS) is 10.8. The maximum absolute atomic E-state index is 10.0. The minimum atomic E-state index is 0.157. The molecule has 0 aliphatic rings. The number of phenolic OH excluding ortho intramolecular Hbond substituents is 1. The fraction of sp³-hybridized carbons (Fsp3) is 0. The fourth-order valence-corrected chi connectivity index (χ4v) is 2.85. The Kier molecular flexibility index (Phi) is 5.58. The van der Waals surface area contributed by atoms with Crippen molar-refractivity contribution in [3.8, 4) is 28.7 Å². The summed E-state index contributed by atoms with van der Waals surface area (Å²) in [5.41, 5.74) is 1.87. The Bertz CT molecular complexity index is 1090. The molecule has 0 heterocycles. The van der Waals surface area contributed by atoms with Crippen LogP contribution >= 0.6 is 0 Å². The van der Waals surface area contributed by atoms with Crippen LogP contribution in [-0.2, 0) is 0 Å². The smallest absolute Gasteiger partial charge is 0.131 e. The van der Waals surface area contributed by atoms with Gasteiger partial charge in [0.15, 0.2) is 0 Å². The Morgan fingerprint density at radius 1 is 0.483 bits per heavy atom. The Balaban J connectivity index is 1.46. The monoisotopic (exact) mass is 380 g/mol. The highest BCUT2D eigenvalue weighted by molar-refractivity contribution is 5.71. The summed E-state index contributed by atoms with van der Waals surface area (Å²) in [6.45, 7) is 0. The van der Waals surface area contributed by atoms with Crippen LogP contribution in [0.1, 0.15) is 11.1 Å². The lowest BCUT2D eigenvalue weighted by molar-refractivity contribution is 0.455. The van der Waals surface area contributed by atoms with E-state index in [1.807, 2.05) is 103 Å². The van der Waals surface area contributed by atoms with E-state index in [1.54, 1.807) is 12.1 Å². The van der Waals surface area contributed by atoms with Gasteiger partial charge in [-0.1, -0.05) is 60.7 Å². The highest BCUT2D eigenvalue weighted by Crippen LogP contribution is 2.28. The largest absolute Gasteiger partial charge is 0.508 e. The number of hydrogen-bond donors (Lipinski definition) is 1. The second kappa shape index (κ2) is 8.81.